The van der Waals surface area contributed by atoms with Gasteiger partial charge in [0.2, 0.25) is 5.91 Å². The number of likely N-dealkylation sites (tertiary alicyclic amines) is 1. The van der Waals surface area contributed by atoms with Crippen molar-refractivity contribution in [2.24, 2.45) is 5.92 Å². The van der Waals surface area contributed by atoms with Crippen LogP contribution in [0.2, 0.25) is 0 Å². The molecule has 176 valence electrons. The number of amides is 2. The highest BCUT2D eigenvalue weighted by Crippen LogP contribution is 2.40. The van der Waals surface area contributed by atoms with Gasteiger partial charge in [0.15, 0.2) is 0 Å². The lowest BCUT2D eigenvalue weighted by atomic mass is 9.84. The van der Waals surface area contributed by atoms with Crippen molar-refractivity contribution in [2.45, 2.75) is 50.4 Å². The number of halogens is 3. The number of hydrogen-bond donors (Lipinski definition) is 2. The average Bonchev–Trinajstić information content (AvgIpc) is 3.21. The molecular formula is C24H27F3N4O2. The Kier molecular flexibility index (Phi) is 6.85. The zero-order chi connectivity index (χ0) is 23.4. The Hall–Kier alpha value is -3.10. The Morgan fingerprint density at radius 2 is 1.79 bits per heavy atom. The van der Waals surface area contributed by atoms with Gasteiger partial charge in [0.05, 0.1) is 5.56 Å². The molecule has 2 aromatic rings. The molecule has 2 N–H and O–H groups in total. The number of carbonyl (C=O) groups excluding carboxylic acids is 2. The van der Waals surface area contributed by atoms with E-state index >= 15 is 0 Å². The van der Waals surface area contributed by atoms with E-state index < -0.39 is 17.8 Å². The van der Waals surface area contributed by atoms with Crippen molar-refractivity contribution in [3.8, 4) is 0 Å². The standard InChI is InChI=1S/C24H27F3N4O2/c25-24(26,27)18-10-11-21(30-15-18)28-12-13-29-22(32)20-14-17-8-4-5-9-19(17)31(20)23(33)16-6-2-1-3-7-16/h1-3,6-7,10-11,15,17,19-20H,4-5,8-9,12-14H2,(H,28,30)(H,29,32). The van der Waals surface area contributed by atoms with Gasteiger partial charge in [0.1, 0.15) is 11.9 Å². The fourth-order valence-electron chi connectivity index (χ4n) is 4.88. The maximum Gasteiger partial charge on any atom is 0.417 e. The van der Waals surface area contributed by atoms with Crippen molar-refractivity contribution < 1.29 is 22.8 Å². The normalized spacial score (nSPS) is 22.5. The van der Waals surface area contributed by atoms with Crippen LogP contribution < -0.4 is 10.6 Å². The van der Waals surface area contributed by atoms with Crippen LogP contribution in [0.25, 0.3) is 0 Å². The molecule has 0 bridgehead atoms. The summed E-state index contributed by atoms with van der Waals surface area (Å²) in [6, 6.07) is 10.8. The molecular weight excluding hydrogens is 433 g/mol. The number of aromatic nitrogens is 1. The molecule has 4 rings (SSSR count). The minimum atomic E-state index is -4.43. The van der Waals surface area contributed by atoms with Gasteiger partial charge in [-0.1, -0.05) is 31.0 Å². The highest BCUT2D eigenvalue weighted by molar-refractivity contribution is 5.98. The number of benzene rings is 1. The Labute approximate surface area is 190 Å². The quantitative estimate of drug-likeness (QED) is 0.637. The minimum Gasteiger partial charge on any atom is -0.368 e. The van der Waals surface area contributed by atoms with Crippen molar-refractivity contribution in [3.63, 3.8) is 0 Å². The molecule has 0 radical (unpaired) electrons. The second-order valence-corrected chi connectivity index (χ2v) is 8.59. The van der Waals surface area contributed by atoms with Crippen molar-refractivity contribution in [1.82, 2.24) is 15.2 Å². The SMILES string of the molecule is O=C(NCCNc1ccc(C(F)(F)F)cn1)C1CC2CCCCC2N1C(=O)c1ccccc1. The lowest BCUT2D eigenvalue weighted by Crippen LogP contribution is -2.50. The second-order valence-electron chi connectivity index (χ2n) is 8.59. The lowest BCUT2D eigenvalue weighted by molar-refractivity contribution is -0.137. The van der Waals surface area contributed by atoms with Crippen molar-refractivity contribution >= 4 is 17.6 Å². The van der Waals surface area contributed by atoms with Gasteiger partial charge in [-0.2, -0.15) is 13.2 Å². The number of hydrogen-bond acceptors (Lipinski definition) is 4. The van der Waals surface area contributed by atoms with Gasteiger partial charge in [-0.15, -0.1) is 0 Å². The monoisotopic (exact) mass is 460 g/mol. The van der Waals surface area contributed by atoms with E-state index in [-0.39, 0.29) is 24.4 Å². The molecule has 2 amide bonds. The van der Waals surface area contributed by atoms with Crippen LogP contribution in [0.5, 0.6) is 0 Å². The summed E-state index contributed by atoms with van der Waals surface area (Å²) in [6.45, 7) is 0.567. The number of nitrogens with zero attached hydrogens (tertiary/aromatic N) is 2. The first-order valence-electron chi connectivity index (χ1n) is 11.3. The van der Waals surface area contributed by atoms with Gasteiger partial charge in [0.25, 0.3) is 5.91 Å². The number of pyridine rings is 1. The fraction of sp³-hybridized carbons (Fsp3) is 0.458. The zero-order valence-electron chi connectivity index (χ0n) is 18.1. The maximum atomic E-state index is 13.3. The van der Waals surface area contributed by atoms with Crippen LogP contribution in [-0.4, -0.2) is 46.9 Å². The Balaban J connectivity index is 1.35. The molecule has 2 fully saturated rings. The molecule has 1 aliphatic heterocycles. The third-order valence-corrected chi connectivity index (χ3v) is 6.47. The van der Waals surface area contributed by atoms with Crippen LogP contribution in [0.4, 0.5) is 19.0 Å². The summed E-state index contributed by atoms with van der Waals surface area (Å²) >= 11 is 0. The summed E-state index contributed by atoms with van der Waals surface area (Å²) in [5.74, 6) is 0.315. The number of rotatable bonds is 6. The predicted molar refractivity (Wildman–Crippen MR) is 118 cm³/mol. The number of fused-ring (bicyclic) bond motifs is 1. The van der Waals surface area contributed by atoms with Crippen molar-refractivity contribution in [1.29, 1.82) is 0 Å². The number of carbonyl (C=O) groups is 2. The van der Waals surface area contributed by atoms with Gasteiger partial charge in [0, 0.05) is 30.9 Å². The zero-order valence-corrected chi connectivity index (χ0v) is 18.1. The van der Waals surface area contributed by atoms with E-state index in [2.05, 4.69) is 15.6 Å². The summed E-state index contributed by atoms with van der Waals surface area (Å²) in [5.41, 5.74) is -0.233. The molecule has 3 unspecified atom stereocenters. The van der Waals surface area contributed by atoms with E-state index in [4.69, 9.17) is 0 Å². The Morgan fingerprint density at radius 1 is 1.03 bits per heavy atom. The van der Waals surface area contributed by atoms with Crippen molar-refractivity contribution in [3.05, 3.63) is 59.8 Å². The van der Waals surface area contributed by atoms with Crippen LogP contribution in [0.15, 0.2) is 48.7 Å². The third kappa shape index (κ3) is 5.29. The Morgan fingerprint density at radius 3 is 2.48 bits per heavy atom. The lowest BCUT2D eigenvalue weighted by Gasteiger charge is -2.33. The third-order valence-electron chi connectivity index (χ3n) is 6.47. The van der Waals surface area contributed by atoms with Gasteiger partial charge in [-0.25, -0.2) is 4.98 Å². The highest BCUT2D eigenvalue weighted by atomic mass is 19.4. The van der Waals surface area contributed by atoms with Gasteiger partial charge >= 0.3 is 6.18 Å². The van der Waals surface area contributed by atoms with Crippen LogP contribution in [0.3, 0.4) is 0 Å². The highest BCUT2D eigenvalue weighted by Gasteiger charge is 2.47. The number of nitrogens with one attached hydrogen (secondary N) is 2. The van der Waals surface area contributed by atoms with Gasteiger partial charge in [-0.3, -0.25) is 9.59 Å². The summed E-state index contributed by atoms with van der Waals surface area (Å²) < 4.78 is 37.9. The smallest absolute Gasteiger partial charge is 0.368 e. The fourth-order valence-corrected chi connectivity index (χ4v) is 4.88. The van der Waals surface area contributed by atoms with Gasteiger partial charge < -0.3 is 15.5 Å². The van der Waals surface area contributed by atoms with E-state index in [0.717, 1.165) is 37.9 Å². The summed E-state index contributed by atoms with van der Waals surface area (Å²) in [4.78, 5) is 31.8. The first-order valence-corrected chi connectivity index (χ1v) is 11.3. The Bertz CT molecular complexity index is 966. The first kappa shape index (κ1) is 23.1. The maximum absolute atomic E-state index is 13.3. The van der Waals surface area contributed by atoms with Crippen molar-refractivity contribution in [2.75, 3.05) is 18.4 Å². The minimum absolute atomic E-state index is 0.0803. The van der Waals surface area contributed by atoms with Crippen LogP contribution in [0.1, 0.15) is 48.0 Å². The molecule has 1 saturated carbocycles. The molecule has 33 heavy (non-hydrogen) atoms. The second kappa shape index (κ2) is 9.80. The molecule has 0 spiro atoms. The van der Waals surface area contributed by atoms with Crippen LogP contribution >= 0.6 is 0 Å². The molecule has 1 aliphatic carbocycles. The summed E-state index contributed by atoms with van der Waals surface area (Å²) in [5, 5.41) is 5.78. The van der Waals surface area contributed by atoms with E-state index in [0.29, 0.717) is 30.3 Å². The topological polar surface area (TPSA) is 74.3 Å². The largest absolute Gasteiger partial charge is 0.417 e. The summed E-state index contributed by atoms with van der Waals surface area (Å²) in [6.07, 6.45) is 1.10. The van der Waals surface area contributed by atoms with E-state index in [1.807, 2.05) is 18.2 Å². The average molecular weight is 461 g/mol. The predicted octanol–water partition coefficient (Wildman–Crippen LogP) is 4.10. The molecule has 6 nitrogen and oxygen atoms in total. The van der Waals surface area contributed by atoms with E-state index in [1.54, 1.807) is 17.0 Å². The number of alkyl halides is 3. The van der Waals surface area contributed by atoms with Crippen LogP contribution in [-0.2, 0) is 11.0 Å². The molecule has 1 aromatic heterocycles. The van der Waals surface area contributed by atoms with E-state index in [1.165, 1.54) is 6.07 Å². The molecule has 1 aromatic carbocycles. The summed E-state index contributed by atoms with van der Waals surface area (Å²) in [7, 11) is 0. The molecule has 2 heterocycles. The van der Waals surface area contributed by atoms with Crippen LogP contribution in [0, 0.1) is 5.92 Å². The molecule has 1 saturated heterocycles. The first-order chi connectivity index (χ1) is 15.8. The molecule has 2 aliphatic rings. The number of anilines is 1. The molecule has 3 atom stereocenters. The molecule has 9 heteroatoms. The van der Waals surface area contributed by atoms with Gasteiger partial charge in [-0.05, 0) is 49.4 Å². The van der Waals surface area contributed by atoms with E-state index in [9.17, 15) is 22.8 Å².